The van der Waals surface area contributed by atoms with Gasteiger partial charge in [-0.25, -0.2) is 4.79 Å². The Kier molecular flexibility index (Phi) is 5.98. The molecule has 2 amide bonds. The molecule has 0 fully saturated rings. The predicted octanol–water partition coefficient (Wildman–Crippen LogP) is 3.49. The van der Waals surface area contributed by atoms with E-state index in [9.17, 15) is 4.79 Å². The van der Waals surface area contributed by atoms with Gasteiger partial charge in [0, 0.05) is 18.7 Å². The number of aliphatic hydroxyl groups excluding tert-OH is 1. The molecule has 0 aromatic heterocycles. The number of hydrogen-bond donors (Lipinski definition) is 3. The number of carbonyl (C=O) groups is 1. The Labute approximate surface area is 131 Å². The van der Waals surface area contributed by atoms with Crippen LogP contribution in [0.4, 0.5) is 10.5 Å². The summed E-state index contributed by atoms with van der Waals surface area (Å²) in [5.41, 5.74) is 2.83. The first-order valence-corrected chi connectivity index (χ1v) is 7.51. The molecule has 22 heavy (non-hydrogen) atoms. The van der Waals surface area contributed by atoms with Crippen molar-refractivity contribution in [2.24, 2.45) is 5.92 Å². The summed E-state index contributed by atoms with van der Waals surface area (Å²) in [6.07, 6.45) is 0.681. The Bertz CT molecular complexity index is 599. The van der Waals surface area contributed by atoms with Gasteiger partial charge in [-0.3, -0.25) is 0 Å². The van der Waals surface area contributed by atoms with Crippen molar-refractivity contribution in [1.29, 1.82) is 0 Å². The van der Waals surface area contributed by atoms with Crippen LogP contribution in [0, 0.1) is 5.92 Å². The Balaban J connectivity index is 2.03. The minimum absolute atomic E-state index is 0.140. The van der Waals surface area contributed by atoms with E-state index in [2.05, 4.69) is 10.6 Å². The number of nitrogens with one attached hydrogen (secondary N) is 2. The molecular formula is C18H22N2O2. The Morgan fingerprint density at radius 2 is 1.77 bits per heavy atom. The maximum absolute atomic E-state index is 12.0. The molecule has 0 bridgehead atoms. The molecule has 0 aliphatic carbocycles. The molecule has 116 valence electrons. The van der Waals surface area contributed by atoms with Gasteiger partial charge in [0.2, 0.25) is 0 Å². The third-order valence-corrected chi connectivity index (χ3v) is 3.49. The van der Waals surface area contributed by atoms with Gasteiger partial charge in [0.1, 0.15) is 0 Å². The maximum Gasteiger partial charge on any atom is 0.319 e. The summed E-state index contributed by atoms with van der Waals surface area (Å²) in [5.74, 6) is 0.250. The van der Waals surface area contributed by atoms with E-state index < -0.39 is 0 Å². The summed E-state index contributed by atoms with van der Waals surface area (Å²) in [5, 5.41) is 14.6. The summed E-state index contributed by atoms with van der Waals surface area (Å²) in [6.45, 7) is 2.68. The first-order valence-electron chi connectivity index (χ1n) is 7.51. The number of carbonyl (C=O) groups excluding carboxylic acids is 1. The molecule has 2 rings (SSSR count). The van der Waals surface area contributed by atoms with Crippen LogP contribution in [-0.2, 0) is 0 Å². The lowest BCUT2D eigenvalue weighted by molar-refractivity contribution is 0.243. The fourth-order valence-corrected chi connectivity index (χ4v) is 2.22. The number of para-hydroxylation sites is 1. The van der Waals surface area contributed by atoms with Crippen LogP contribution < -0.4 is 10.6 Å². The number of anilines is 1. The topological polar surface area (TPSA) is 61.4 Å². The zero-order valence-corrected chi connectivity index (χ0v) is 12.8. The van der Waals surface area contributed by atoms with Crippen molar-refractivity contribution in [2.75, 3.05) is 18.5 Å². The van der Waals surface area contributed by atoms with Gasteiger partial charge in [-0.2, -0.15) is 0 Å². The van der Waals surface area contributed by atoms with Crippen LogP contribution in [0.25, 0.3) is 11.1 Å². The average Bonchev–Trinajstić information content (AvgIpc) is 2.55. The predicted molar refractivity (Wildman–Crippen MR) is 89.8 cm³/mol. The van der Waals surface area contributed by atoms with E-state index in [1.54, 1.807) is 0 Å². The summed E-state index contributed by atoms with van der Waals surface area (Å²) in [4.78, 5) is 12.0. The molecule has 0 aliphatic rings. The van der Waals surface area contributed by atoms with Crippen LogP contribution in [0.5, 0.6) is 0 Å². The Hall–Kier alpha value is -2.33. The van der Waals surface area contributed by atoms with Gasteiger partial charge in [0.25, 0.3) is 0 Å². The lowest BCUT2D eigenvalue weighted by atomic mass is 10.0. The molecule has 0 spiro atoms. The van der Waals surface area contributed by atoms with Gasteiger partial charge in [-0.05, 0) is 24.0 Å². The lowest BCUT2D eigenvalue weighted by Crippen LogP contribution is -2.32. The third-order valence-electron chi connectivity index (χ3n) is 3.49. The number of amides is 2. The molecular weight excluding hydrogens is 276 g/mol. The van der Waals surface area contributed by atoms with Gasteiger partial charge in [-0.15, -0.1) is 0 Å². The molecule has 0 saturated heterocycles. The van der Waals surface area contributed by atoms with E-state index in [4.69, 9.17) is 5.11 Å². The molecule has 0 saturated carbocycles. The summed E-state index contributed by atoms with van der Waals surface area (Å²) < 4.78 is 0. The zero-order chi connectivity index (χ0) is 15.8. The second kappa shape index (κ2) is 8.20. The van der Waals surface area contributed by atoms with E-state index in [-0.39, 0.29) is 18.6 Å². The van der Waals surface area contributed by atoms with Crippen molar-refractivity contribution >= 4 is 11.7 Å². The molecule has 2 aromatic carbocycles. The van der Waals surface area contributed by atoms with Crippen molar-refractivity contribution in [3.63, 3.8) is 0 Å². The molecule has 0 heterocycles. The summed E-state index contributed by atoms with van der Waals surface area (Å²) in [7, 11) is 0. The van der Waals surface area contributed by atoms with Crippen LogP contribution in [0.3, 0.4) is 0 Å². The van der Waals surface area contributed by atoms with Crippen molar-refractivity contribution in [3.05, 3.63) is 54.6 Å². The molecule has 1 atom stereocenters. The second-order valence-electron chi connectivity index (χ2n) is 5.36. The van der Waals surface area contributed by atoms with Gasteiger partial charge in [0.05, 0.1) is 5.69 Å². The molecule has 2 aromatic rings. The van der Waals surface area contributed by atoms with Gasteiger partial charge < -0.3 is 15.7 Å². The van der Waals surface area contributed by atoms with Gasteiger partial charge >= 0.3 is 6.03 Å². The minimum Gasteiger partial charge on any atom is -0.396 e. The van der Waals surface area contributed by atoms with E-state index >= 15 is 0 Å². The maximum atomic E-state index is 12.0. The Morgan fingerprint density at radius 3 is 2.50 bits per heavy atom. The first kappa shape index (κ1) is 16.0. The highest BCUT2D eigenvalue weighted by molar-refractivity contribution is 5.94. The molecule has 1 unspecified atom stereocenters. The number of benzene rings is 2. The van der Waals surface area contributed by atoms with E-state index in [1.165, 1.54) is 0 Å². The SMILES string of the molecule is CC(CCO)CNC(=O)Nc1ccccc1-c1ccccc1. The Morgan fingerprint density at radius 1 is 1.09 bits per heavy atom. The lowest BCUT2D eigenvalue weighted by Gasteiger charge is -2.14. The van der Waals surface area contributed by atoms with Crippen molar-refractivity contribution < 1.29 is 9.90 Å². The molecule has 3 N–H and O–H groups in total. The van der Waals surface area contributed by atoms with Crippen LogP contribution in [0.15, 0.2) is 54.6 Å². The molecule has 0 radical (unpaired) electrons. The van der Waals surface area contributed by atoms with E-state index in [0.717, 1.165) is 16.8 Å². The largest absolute Gasteiger partial charge is 0.396 e. The average molecular weight is 298 g/mol. The highest BCUT2D eigenvalue weighted by Crippen LogP contribution is 2.27. The quantitative estimate of drug-likeness (QED) is 0.764. The fourth-order valence-electron chi connectivity index (χ4n) is 2.22. The minimum atomic E-state index is -0.229. The third kappa shape index (κ3) is 4.60. The smallest absolute Gasteiger partial charge is 0.319 e. The highest BCUT2D eigenvalue weighted by Gasteiger charge is 2.09. The highest BCUT2D eigenvalue weighted by atomic mass is 16.3. The molecule has 0 aliphatic heterocycles. The van der Waals surface area contributed by atoms with Crippen LogP contribution in [-0.4, -0.2) is 24.3 Å². The number of rotatable bonds is 6. The van der Waals surface area contributed by atoms with Gasteiger partial charge in [0.15, 0.2) is 0 Å². The number of hydrogen-bond acceptors (Lipinski definition) is 2. The summed E-state index contributed by atoms with van der Waals surface area (Å²) in [6, 6.07) is 17.4. The number of aliphatic hydroxyl groups is 1. The first-order chi connectivity index (χ1) is 10.7. The zero-order valence-electron chi connectivity index (χ0n) is 12.8. The standard InChI is InChI=1S/C18H22N2O2/c1-14(11-12-21)13-19-18(22)20-17-10-6-5-9-16(17)15-7-3-2-4-8-15/h2-10,14,21H,11-13H2,1H3,(H2,19,20,22). The van der Waals surface area contributed by atoms with Crippen molar-refractivity contribution in [1.82, 2.24) is 5.32 Å². The van der Waals surface area contributed by atoms with E-state index in [0.29, 0.717) is 13.0 Å². The monoisotopic (exact) mass is 298 g/mol. The fraction of sp³-hybridized carbons (Fsp3) is 0.278. The second-order valence-corrected chi connectivity index (χ2v) is 5.36. The summed E-state index contributed by atoms with van der Waals surface area (Å²) >= 11 is 0. The van der Waals surface area contributed by atoms with E-state index in [1.807, 2.05) is 61.5 Å². The molecule has 4 heteroatoms. The molecule has 4 nitrogen and oxygen atoms in total. The number of urea groups is 1. The van der Waals surface area contributed by atoms with Crippen molar-refractivity contribution in [2.45, 2.75) is 13.3 Å². The van der Waals surface area contributed by atoms with Gasteiger partial charge in [-0.1, -0.05) is 55.5 Å². The van der Waals surface area contributed by atoms with Crippen molar-refractivity contribution in [3.8, 4) is 11.1 Å². The van der Waals surface area contributed by atoms with Crippen LogP contribution in [0.2, 0.25) is 0 Å². The normalized spacial score (nSPS) is 11.7. The van der Waals surface area contributed by atoms with Crippen LogP contribution in [0.1, 0.15) is 13.3 Å². The van der Waals surface area contributed by atoms with Crippen LogP contribution >= 0.6 is 0 Å².